The fourth-order valence-electron chi connectivity index (χ4n) is 1.43. The van der Waals surface area contributed by atoms with Crippen LogP contribution in [0.3, 0.4) is 0 Å². The van der Waals surface area contributed by atoms with Crippen LogP contribution in [0, 0.1) is 5.92 Å². The first-order valence-electron chi connectivity index (χ1n) is 6.29. The SMILES string of the molecule is CC(C)CNC(=O)CCNC(=O)c1cccc(Br)c1. The molecule has 0 atom stereocenters. The van der Waals surface area contributed by atoms with Gasteiger partial charge in [-0.2, -0.15) is 0 Å². The fraction of sp³-hybridized carbons (Fsp3) is 0.429. The van der Waals surface area contributed by atoms with Crippen LogP contribution in [0.5, 0.6) is 0 Å². The van der Waals surface area contributed by atoms with Crippen molar-refractivity contribution >= 4 is 27.7 Å². The lowest BCUT2D eigenvalue weighted by molar-refractivity contribution is -0.121. The molecule has 1 aromatic carbocycles. The second kappa shape index (κ2) is 7.94. The van der Waals surface area contributed by atoms with Crippen molar-refractivity contribution < 1.29 is 9.59 Å². The molecule has 4 nitrogen and oxygen atoms in total. The molecule has 0 aliphatic carbocycles. The highest BCUT2D eigenvalue weighted by molar-refractivity contribution is 9.10. The predicted molar refractivity (Wildman–Crippen MR) is 78.9 cm³/mol. The average molecular weight is 327 g/mol. The third kappa shape index (κ3) is 6.38. The molecule has 0 saturated heterocycles. The molecule has 0 radical (unpaired) electrons. The van der Waals surface area contributed by atoms with Gasteiger partial charge in [0.15, 0.2) is 0 Å². The smallest absolute Gasteiger partial charge is 0.251 e. The molecule has 2 amide bonds. The summed E-state index contributed by atoms with van der Waals surface area (Å²) in [5.74, 6) is 0.224. The van der Waals surface area contributed by atoms with Gasteiger partial charge in [-0.1, -0.05) is 35.8 Å². The number of amides is 2. The van der Waals surface area contributed by atoms with E-state index in [-0.39, 0.29) is 11.8 Å². The van der Waals surface area contributed by atoms with Gasteiger partial charge in [-0.05, 0) is 24.1 Å². The Bertz CT molecular complexity index is 447. The van der Waals surface area contributed by atoms with Crippen LogP contribution in [-0.2, 0) is 4.79 Å². The summed E-state index contributed by atoms with van der Waals surface area (Å²) in [7, 11) is 0. The Kier molecular flexibility index (Phi) is 6.56. The molecule has 1 rings (SSSR count). The summed E-state index contributed by atoms with van der Waals surface area (Å²) in [4.78, 5) is 23.2. The molecular formula is C14H19BrN2O2. The highest BCUT2D eigenvalue weighted by atomic mass is 79.9. The van der Waals surface area contributed by atoms with Gasteiger partial charge in [0.05, 0.1) is 0 Å². The molecule has 2 N–H and O–H groups in total. The largest absolute Gasteiger partial charge is 0.356 e. The molecule has 0 bridgehead atoms. The Balaban J connectivity index is 2.29. The van der Waals surface area contributed by atoms with E-state index < -0.39 is 0 Å². The van der Waals surface area contributed by atoms with E-state index >= 15 is 0 Å². The lowest BCUT2D eigenvalue weighted by atomic mass is 10.2. The van der Waals surface area contributed by atoms with Crippen molar-refractivity contribution in [2.45, 2.75) is 20.3 Å². The van der Waals surface area contributed by atoms with Crippen molar-refractivity contribution in [3.8, 4) is 0 Å². The van der Waals surface area contributed by atoms with Crippen LogP contribution in [0.2, 0.25) is 0 Å². The summed E-state index contributed by atoms with van der Waals surface area (Å²) >= 11 is 3.31. The van der Waals surface area contributed by atoms with E-state index in [1.54, 1.807) is 18.2 Å². The molecule has 0 aromatic heterocycles. The summed E-state index contributed by atoms with van der Waals surface area (Å²) in [5, 5.41) is 5.53. The third-order valence-electron chi connectivity index (χ3n) is 2.43. The second-order valence-electron chi connectivity index (χ2n) is 4.71. The molecule has 0 spiro atoms. The van der Waals surface area contributed by atoms with Crippen LogP contribution < -0.4 is 10.6 Å². The zero-order valence-electron chi connectivity index (χ0n) is 11.2. The van der Waals surface area contributed by atoms with Crippen molar-refractivity contribution in [3.63, 3.8) is 0 Å². The van der Waals surface area contributed by atoms with Gasteiger partial charge in [-0.25, -0.2) is 0 Å². The molecule has 0 saturated carbocycles. The minimum absolute atomic E-state index is 0.0387. The van der Waals surface area contributed by atoms with Gasteiger partial charge in [0, 0.05) is 29.5 Å². The molecule has 1 aromatic rings. The third-order valence-corrected chi connectivity index (χ3v) is 2.93. The number of rotatable bonds is 6. The predicted octanol–water partition coefficient (Wildman–Crippen LogP) is 2.34. The maximum absolute atomic E-state index is 11.8. The Labute approximate surface area is 122 Å². The first-order chi connectivity index (χ1) is 8.99. The van der Waals surface area contributed by atoms with Crippen molar-refractivity contribution in [2.24, 2.45) is 5.92 Å². The number of carbonyl (C=O) groups is 2. The van der Waals surface area contributed by atoms with E-state index in [4.69, 9.17) is 0 Å². The summed E-state index contributed by atoms with van der Waals surface area (Å²) in [6.45, 7) is 5.08. The van der Waals surface area contributed by atoms with E-state index in [0.717, 1.165) is 4.47 Å². The van der Waals surface area contributed by atoms with Gasteiger partial charge in [-0.3, -0.25) is 9.59 Å². The fourth-order valence-corrected chi connectivity index (χ4v) is 1.83. The van der Waals surface area contributed by atoms with Gasteiger partial charge in [0.25, 0.3) is 5.91 Å². The summed E-state index contributed by atoms with van der Waals surface area (Å²) in [6.07, 6.45) is 0.298. The molecule has 19 heavy (non-hydrogen) atoms. The highest BCUT2D eigenvalue weighted by Crippen LogP contribution is 2.11. The topological polar surface area (TPSA) is 58.2 Å². The normalized spacial score (nSPS) is 10.3. The molecule has 0 fully saturated rings. The average Bonchev–Trinajstić information content (AvgIpc) is 2.36. The Morgan fingerprint density at radius 3 is 2.63 bits per heavy atom. The van der Waals surface area contributed by atoms with Gasteiger partial charge in [0.2, 0.25) is 5.91 Å². The monoisotopic (exact) mass is 326 g/mol. The van der Waals surface area contributed by atoms with Crippen LogP contribution in [0.1, 0.15) is 30.6 Å². The molecule has 5 heteroatoms. The second-order valence-corrected chi connectivity index (χ2v) is 5.63. The van der Waals surface area contributed by atoms with Crippen LogP contribution >= 0.6 is 15.9 Å². The molecule has 0 aliphatic rings. The lowest BCUT2D eigenvalue weighted by Gasteiger charge is -2.08. The summed E-state index contributed by atoms with van der Waals surface area (Å²) in [6, 6.07) is 7.14. The number of hydrogen-bond acceptors (Lipinski definition) is 2. The quantitative estimate of drug-likeness (QED) is 0.843. The standard InChI is InChI=1S/C14H19BrN2O2/c1-10(2)9-17-13(18)6-7-16-14(19)11-4-3-5-12(15)8-11/h3-5,8,10H,6-7,9H2,1-2H3,(H,16,19)(H,17,18). The highest BCUT2D eigenvalue weighted by Gasteiger charge is 2.07. The van der Waals surface area contributed by atoms with Gasteiger partial charge in [0.1, 0.15) is 0 Å². The first kappa shape index (κ1) is 15.7. The maximum Gasteiger partial charge on any atom is 0.251 e. The summed E-state index contributed by atoms with van der Waals surface area (Å²) in [5.41, 5.74) is 0.581. The van der Waals surface area contributed by atoms with Crippen molar-refractivity contribution in [2.75, 3.05) is 13.1 Å². The summed E-state index contributed by atoms with van der Waals surface area (Å²) < 4.78 is 0.856. The Morgan fingerprint density at radius 2 is 2.00 bits per heavy atom. The maximum atomic E-state index is 11.8. The zero-order valence-corrected chi connectivity index (χ0v) is 12.8. The number of nitrogens with one attached hydrogen (secondary N) is 2. The van der Waals surface area contributed by atoms with Gasteiger partial charge in [-0.15, -0.1) is 0 Å². The van der Waals surface area contributed by atoms with E-state index in [9.17, 15) is 9.59 Å². The Morgan fingerprint density at radius 1 is 1.26 bits per heavy atom. The molecule has 104 valence electrons. The van der Waals surface area contributed by atoms with Crippen molar-refractivity contribution in [1.29, 1.82) is 0 Å². The van der Waals surface area contributed by atoms with E-state index in [1.165, 1.54) is 0 Å². The van der Waals surface area contributed by atoms with Gasteiger partial charge < -0.3 is 10.6 Å². The van der Waals surface area contributed by atoms with Crippen LogP contribution in [0.15, 0.2) is 28.7 Å². The molecule has 0 aliphatic heterocycles. The van der Waals surface area contributed by atoms with E-state index in [2.05, 4.69) is 26.6 Å². The van der Waals surface area contributed by atoms with Crippen LogP contribution in [-0.4, -0.2) is 24.9 Å². The minimum atomic E-state index is -0.169. The van der Waals surface area contributed by atoms with Gasteiger partial charge >= 0.3 is 0 Å². The van der Waals surface area contributed by atoms with Crippen LogP contribution in [0.25, 0.3) is 0 Å². The lowest BCUT2D eigenvalue weighted by Crippen LogP contribution is -2.32. The molecule has 0 heterocycles. The molecule has 0 unspecified atom stereocenters. The van der Waals surface area contributed by atoms with E-state index in [1.807, 2.05) is 19.9 Å². The number of hydrogen-bond donors (Lipinski definition) is 2. The van der Waals surface area contributed by atoms with Crippen molar-refractivity contribution in [1.82, 2.24) is 10.6 Å². The van der Waals surface area contributed by atoms with Crippen molar-refractivity contribution in [3.05, 3.63) is 34.3 Å². The zero-order chi connectivity index (χ0) is 14.3. The first-order valence-corrected chi connectivity index (χ1v) is 7.09. The number of carbonyl (C=O) groups excluding carboxylic acids is 2. The Hall–Kier alpha value is -1.36. The number of halogens is 1. The van der Waals surface area contributed by atoms with Crippen LogP contribution in [0.4, 0.5) is 0 Å². The number of benzene rings is 1. The molecular weight excluding hydrogens is 308 g/mol. The minimum Gasteiger partial charge on any atom is -0.356 e. The van der Waals surface area contributed by atoms with E-state index in [0.29, 0.717) is 31.0 Å².